The Labute approximate surface area is 160 Å². The number of carbonyl (C=O) groups is 1. The second kappa shape index (κ2) is 8.17. The highest BCUT2D eigenvalue weighted by Crippen LogP contribution is 2.25. The van der Waals surface area contributed by atoms with E-state index in [9.17, 15) is 14.9 Å². The highest BCUT2D eigenvalue weighted by molar-refractivity contribution is 7.10. The molecular formula is C20H15N3O3S. The number of carbonyl (C=O) groups excluding carboxylic acids is 1. The molecule has 1 heterocycles. The SMILES string of the molecule is CNc1ccc(C(=O)Nc2cccc(C#Cc3cccs3)c2)cc1[N+](=O)[O-]. The topological polar surface area (TPSA) is 84.3 Å². The Hall–Kier alpha value is -3.63. The fourth-order valence-corrected chi connectivity index (χ4v) is 2.97. The van der Waals surface area contributed by atoms with Crippen LogP contribution in [-0.2, 0) is 0 Å². The molecule has 1 aromatic heterocycles. The molecule has 0 saturated heterocycles. The van der Waals surface area contributed by atoms with Crippen molar-refractivity contribution in [1.82, 2.24) is 0 Å². The van der Waals surface area contributed by atoms with Crippen LogP contribution in [0.5, 0.6) is 0 Å². The molecule has 2 N–H and O–H groups in total. The minimum Gasteiger partial charge on any atom is -0.383 e. The summed E-state index contributed by atoms with van der Waals surface area (Å²) in [6.45, 7) is 0. The molecule has 1 amide bonds. The molecule has 0 fully saturated rings. The lowest BCUT2D eigenvalue weighted by Crippen LogP contribution is -2.12. The standard InChI is InChI=1S/C20H15N3O3S/c1-21-18-10-8-15(13-19(18)23(25)26)20(24)22-16-5-2-4-14(12-16)7-9-17-6-3-11-27-17/h2-6,8,10-13,21H,1H3,(H,22,24). The number of hydrogen-bond donors (Lipinski definition) is 2. The van der Waals surface area contributed by atoms with Gasteiger partial charge in [0.05, 0.1) is 9.80 Å². The highest BCUT2D eigenvalue weighted by atomic mass is 32.1. The molecule has 6 nitrogen and oxygen atoms in total. The summed E-state index contributed by atoms with van der Waals surface area (Å²) in [5, 5.41) is 18.6. The Morgan fingerprint density at radius 3 is 2.67 bits per heavy atom. The van der Waals surface area contributed by atoms with Crippen molar-refractivity contribution in [2.45, 2.75) is 0 Å². The maximum absolute atomic E-state index is 12.5. The first-order chi connectivity index (χ1) is 13.1. The fraction of sp³-hybridized carbons (Fsp3) is 0.0500. The van der Waals surface area contributed by atoms with E-state index in [1.807, 2.05) is 23.6 Å². The van der Waals surface area contributed by atoms with Crippen LogP contribution in [0.1, 0.15) is 20.8 Å². The van der Waals surface area contributed by atoms with Gasteiger partial charge in [-0.1, -0.05) is 24.0 Å². The van der Waals surface area contributed by atoms with E-state index >= 15 is 0 Å². The third-order valence-corrected chi connectivity index (χ3v) is 4.48. The van der Waals surface area contributed by atoms with Crippen LogP contribution in [-0.4, -0.2) is 17.9 Å². The number of nitro groups is 1. The molecular weight excluding hydrogens is 362 g/mol. The molecule has 2 aromatic carbocycles. The lowest BCUT2D eigenvalue weighted by molar-refractivity contribution is -0.384. The number of amides is 1. The van der Waals surface area contributed by atoms with Crippen molar-refractivity contribution in [2.75, 3.05) is 17.7 Å². The zero-order chi connectivity index (χ0) is 19.2. The number of rotatable bonds is 4. The summed E-state index contributed by atoms with van der Waals surface area (Å²) in [7, 11) is 1.59. The molecule has 0 bridgehead atoms. The zero-order valence-corrected chi connectivity index (χ0v) is 15.2. The van der Waals surface area contributed by atoms with E-state index in [0.29, 0.717) is 11.4 Å². The van der Waals surface area contributed by atoms with Crippen molar-refractivity contribution >= 4 is 34.3 Å². The van der Waals surface area contributed by atoms with Gasteiger partial charge < -0.3 is 10.6 Å². The van der Waals surface area contributed by atoms with Gasteiger partial charge in [0, 0.05) is 29.9 Å². The number of benzene rings is 2. The summed E-state index contributed by atoms with van der Waals surface area (Å²) in [5.41, 5.74) is 1.73. The summed E-state index contributed by atoms with van der Waals surface area (Å²) in [6, 6.07) is 15.3. The van der Waals surface area contributed by atoms with Gasteiger partial charge in [-0.05, 0) is 41.8 Å². The Morgan fingerprint density at radius 2 is 1.96 bits per heavy atom. The van der Waals surface area contributed by atoms with Gasteiger partial charge in [0.1, 0.15) is 5.69 Å². The largest absolute Gasteiger partial charge is 0.383 e. The van der Waals surface area contributed by atoms with Gasteiger partial charge in [0.25, 0.3) is 11.6 Å². The van der Waals surface area contributed by atoms with Gasteiger partial charge in [-0.2, -0.15) is 0 Å². The van der Waals surface area contributed by atoms with Crippen LogP contribution in [0.3, 0.4) is 0 Å². The molecule has 0 spiro atoms. The smallest absolute Gasteiger partial charge is 0.293 e. The van der Waals surface area contributed by atoms with E-state index in [4.69, 9.17) is 0 Å². The van der Waals surface area contributed by atoms with Crippen LogP contribution >= 0.6 is 11.3 Å². The van der Waals surface area contributed by atoms with Gasteiger partial charge in [-0.25, -0.2) is 0 Å². The third kappa shape index (κ3) is 4.51. The lowest BCUT2D eigenvalue weighted by atomic mass is 10.1. The summed E-state index contributed by atoms with van der Waals surface area (Å²) >= 11 is 1.56. The second-order valence-corrected chi connectivity index (χ2v) is 6.45. The van der Waals surface area contributed by atoms with Crippen LogP contribution in [0, 0.1) is 22.0 Å². The number of nitrogens with zero attached hydrogens (tertiary/aromatic N) is 1. The van der Waals surface area contributed by atoms with Crippen LogP contribution in [0.25, 0.3) is 0 Å². The van der Waals surface area contributed by atoms with Gasteiger partial charge in [-0.15, -0.1) is 11.3 Å². The second-order valence-electron chi connectivity index (χ2n) is 5.50. The molecule has 0 aliphatic carbocycles. The van der Waals surface area contributed by atoms with Gasteiger partial charge in [0.2, 0.25) is 0 Å². The molecule has 0 atom stereocenters. The Morgan fingerprint density at radius 1 is 1.11 bits per heavy atom. The summed E-state index contributed by atoms with van der Waals surface area (Å²) in [5.74, 6) is 5.68. The number of anilines is 2. The maximum atomic E-state index is 12.5. The van der Waals surface area contributed by atoms with Gasteiger partial charge >= 0.3 is 0 Å². The van der Waals surface area contributed by atoms with E-state index in [-0.39, 0.29) is 11.3 Å². The maximum Gasteiger partial charge on any atom is 0.293 e. The first-order valence-corrected chi connectivity index (χ1v) is 8.88. The van der Waals surface area contributed by atoms with E-state index in [0.717, 1.165) is 10.4 Å². The van der Waals surface area contributed by atoms with Gasteiger partial charge in [-0.3, -0.25) is 14.9 Å². The average Bonchev–Trinajstić information content (AvgIpc) is 3.19. The van der Waals surface area contributed by atoms with Crippen molar-refractivity contribution in [3.63, 3.8) is 0 Å². The van der Waals surface area contributed by atoms with E-state index in [2.05, 4.69) is 22.5 Å². The molecule has 0 unspecified atom stereocenters. The first kappa shape index (κ1) is 18.2. The van der Waals surface area contributed by atoms with Crippen molar-refractivity contribution in [3.05, 3.63) is 86.1 Å². The van der Waals surface area contributed by atoms with Crippen molar-refractivity contribution < 1.29 is 9.72 Å². The quantitative estimate of drug-likeness (QED) is 0.402. The first-order valence-electron chi connectivity index (χ1n) is 8.00. The van der Waals surface area contributed by atoms with E-state index in [1.165, 1.54) is 18.2 Å². The molecule has 0 aliphatic rings. The van der Waals surface area contributed by atoms with Crippen molar-refractivity contribution in [1.29, 1.82) is 0 Å². The van der Waals surface area contributed by atoms with Crippen LogP contribution < -0.4 is 10.6 Å². The molecule has 3 aromatic rings. The molecule has 0 aliphatic heterocycles. The molecule has 7 heteroatoms. The number of thiophene rings is 1. The Bertz CT molecular complexity index is 1050. The summed E-state index contributed by atoms with van der Waals surface area (Å²) < 4.78 is 0. The molecule has 0 saturated carbocycles. The molecule has 27 heavy (non-hydrogen) atoms. The number of nitrogens with one attached hydrogen (secondary N) is 2. The van der Waals surface area contributed by atoms with Crippen LogP contribution in [0.2, 0.25) is 0 Å². The average molecular weight is 377 g/mol. The normalized spacial score (nSPS) is 9.81. The van der Waals surface area contributed by atoms with Crippen LogP contribution in [0.15, 0.2) is 60.0 Å². The third-order valence-electron chi connectivity index (χ3n) is 3.70. The lowest BCUT2D eigenvalue weighted by Gasteiger charge is -2.07. The number of nitro benzene ring substituents is 1. The molecule has 3 rings (SSSR count). The van der Waals surface area contributed by atoms with E-state index in [1.54, 1.807) is 36.6 Å². The van der Waals surface area contributed by atoms with Crippen molar-refractivity contribution in [2.24, 2.45) is 0 Å². The highest BCUT2D eigenvalue weighted by Gasteiger charge is 2.16. The van der Waals surface area contributed by atoms with Crippen LogP contribution in [0.4, 0.5) is 17.1 Å². The Balaban J connectivity index is 1.79. The number of hydrogen-bond acceptors (Lipinski definition) is 5. The molecule has 0 radical (unpaired) electrons. The minimum atomic E-state index is -0.524. The zero-order valence-electron chi connectivity index (χ0n) is 14.4. The predicted octanol–water partition coefficient (Wildman–Crippen LogP) is 4.35. The van der Waals surface area contributed by atoms with Gasteiger partial charge in [0.15, 0.2) is 0 Å². The van der Waals surface area contributed by atoms with E-state index < -0.39 is 10.8 Å². The summed E-state index contributed by atoms with van der Waals surface area (Å²) in [4.78, 5) is 24.0. The minimum absolute atomic E-state index is 0.152. The predicted molar refractivity (Wildman–Crippen MR) is 107 cm³/mol. The summed E-state index contributed by atoms with van der Waals surface area (Å²) in [6.07, 6.45) is 0. The monoisotopic (exact) mass is 377 g/mol. The fourth-order valence-electron chi connectivity index (χ4n) is 2.40. The molecule has 134 valence electrons. The van der Waals surface area contributed by atoms with Crippen molar-refractivity contribution in [3.8, 4) is 11.8 Å². The Kier molecular flexibility index (Phi) is 5.50.